The molecule has 1 fully saturated rings. The fraction of sp³-hybridized carbons (Fsp3) is 0.636. The normalized spacial score (nSPS) is 21.9. The Morgan fingerprint density at radius 1 is 1.56 bits per heavy atom. The highest BCUT2D eigenvalue weighted by molar-refractivity contribution is 7.99. The van der Waals surface area contributed by atoms with Crippen LogP contribution in [-0.2, 0) is 23.3 Å². The Morgan fingerprint density at radius 3 is 2.94 bits per heavy atom. The molecular weight excluding hydrogens is 270 g/mol. The van der Waals surface area contributed by atoms with Gasteiger partial charge in [0.05, 0.1) is 17.3 Å². The Kier molecular flexibility index (Phi) is 3.97. The van der Waals surface area contributed by atoms with Crippen LogP contribution < -0.4 is 0 Å². The lowest BCUT2D eigenvalue weighted by Gasteiger charge is -2.07. The molecule has 1 saturated heterocycles. The molecule has 1 aromatic heterocycles. The summed E-state index contributed by atoms with van der Waals surface area (Å²) in [5.41, 5.74) is 0. The van der Waals surface area contributed by atoms with Crippen molar-refractivity contribution in [3.8, 4) is 12.3 Å². The Balaban J connectivity index is 2.03. The molecule has 2 rings (SSSR count). The van der Waals surface area contributed by atoms with Crippen LogP contribution in [-0.4, -0.2) is 40.4 Å². The zero-order chi connectivity index (χ0) is 13.2. The fourth-order valence-corrected chi connectivity index (χ4v) is 4.52. The summed E-state index contributed by atoms with van der Waals surface area (Å²) in [6.45, 7) is 0. The lowest BCUT2D eigenvalue weighted by molar-refractivity contribution is 0.552. The molecule has 0 spiro atoms. The van der Waals surface area contributed by atoms with Gasteiger partial charge in [-0.2, -0.15) is 0 Å². The van der Waals surface area contributed by atoms with Gasteiger partial charge in [0.1, 0.15) is 5.82 Å². The molecule has 2 heterocycles. The van der Waals surface area contributed by atoms with Gasteiger partial charge in [0.25, 0.3) is 0 Å². The summed E-state index contributed by atoms with van der Waals surface area (Å²) >= 11 is 1.46. The number of hydrogen-bond acceptors (Lipinski definition) is 5. The van der Waals surface area contributed by atoms with Crippen molar-refractivity contribution in [1.29, 1.82) is 0 Å². The maximum atomic E-state index is 11.4. The first kappa shape index (κ1) is 13.4. The Bertz CT molecular complexity index is 572. The van der Waals surface area contributed by atoms with Crippen molar-refractivity contribution in [3.63, 3.8) is 0 Å². The molecule has 0 radical (unpaired) electrons. The summed E-state index contributed by atoms with van der Waals surface area (Å²) in [7, 11) is -0.938. The van der Waals surface area contributed by atoms with Gasteiger partial charge < -0.3 is 4.57 Å². The van der Waals surface area contributed by atoms with Crippen molar-refractivity contribution in [1.82, 2.24) is 14.8 Å². The molecule has 0 amide bonds. The molecule has 5 nitrogen and oxygen atoms in total. The van der Waals surface area contributed by atoms with Gasteiger partial charge in [-0.25, -0.2) is 8.42 Å². The minimum absolute atomic E-state index is 0.170. The molecule has 1 aliphatic rings. The predicted octanol–water partition coefficient (Wildman–Crippen LogP) is 0.518. The second kappa shape index (κ2) is 5.33. The van der Waals surface area contributed by atoms with Crippen LogP contribution in [0.2, 0.25) is 0 Å². The number of hydrogen-bond donors (Lipinski definition) is 0. The van der Waals surface area contributed by atoms with Gasteiger partial charge in [0, 0.05) is 13.5 Å². The summed E-state index contributed by atoms with van der Waals surface area (Å²) < 4.78 is 24.7. The van der Waals surface area contributed by atoms with E-state index in [1.165, 1.54) is 11.8 Å². The number of nitrogens with zero attached hydrogens (tertiary/aromatic N) is 3. The Hall–Kier alpha value is -1.00. The van der Waals surface area contributed by atoms with E-state index in [1.54, 1.807) is 0 Å². The molecule has 0 saturated carbocycles. The quantitative estimate of drug-likeness (QED) is 0.596. The number of rotatable bonds is 4. The molecule has 0 unspecified atom stereocenters. The Labute approximate surface area is 111 Å². The smallest absolute Gasteiger partial charge is 0.191 e. The van der Waals surface area contributed by atoms with Crippen LogP contribution in [0.15, 0.2) is 5.16 Å². The van der Waals surface area contributed by atoms with E-state index >= 15 is 0 Å². The van der Waals surface area contributed by atoms with Gasteiger partial charge >= 0.3 is 0 Å². The second-order valence-corrected chi connectivity index (χ2v) is 7.60. The summed E-state index contributed by atoms with van der Waals surface area (Å²) in [6.07, 6.45) is 6.59. The molecule has 18 heavy (non-hydrogen) atoms. The molecule has 0 aromatic carbocycles. The van der Waals surface area contributed by atoms with Crippen molar-refractivity contribution < 1.29 is 8.42 Å². The monoisotopic (exact) mass is 285 g/mol. The zero-order valence-electron chi connectivity index (χ0n) is 10.2. The van der Waals surface area contributed by atoms with Crippen LogP contribution in [0.4, 0.5) is 0 Å². The molecule has 0 N–H and O–H groups in total. The SMILES string of the molecule is C#CCSc1nnc(C[C@H]2CCS(=O)(=O)C2)n1C. The fourth-order valence-electron chi connectivity index (χ4n) is 2.05. The van der Waals surface area contributed by atoms with Gasteiger partial charge in [-0.15, -0.1) is 16.6 Å². The van der Waals surface area contributed by atoms with Gasteiger partial charge in [-0.05, 0) is 12.3 Å². The van der Waals surface area contributed by atoms with Gasteiger partial charge in [-0.1, -0.05) is 17.7 Å². The molecule has 1 aliphatic heterocycles. The molecule has 0 bridgehead atoms. The van der Waals surface area contributed by atoms with Crippen molar-refractivity contribution in [2.45, 2.75) is 18.0 Å². The van der Waals surface area contributed by atoms with Crippen molar-refractivity contribution >= 4 is 21.6 Å². The topological polar surface area (TPSA) is 64.8 Å². The summed E-state index contributed by atoms with van der Waals surface area (Å²) in [5.74, 6) is 4.67. The van der Waals surface area contributed by atoms with Crippen molar-refractivity contribution in [2.75, 3.05) is 17.3 Å². The van der Waals surface area contributed by atoms with Crippen LogP contribution in [0.1, 0.15) is 12.2 Å². The van der Waals surface area contributed by atoms with Gasteiger partial charge in [0.2, 0.25) is 0 Å². The molecule has 1 atom stereocenters. The van der Waals surface area contributed by atoms with Gasteiger partial charge in [-0.3, -0.25) is 0 Å². The Morgan fingerprint density at radius 2 is 2.33 bits per heavy atom. The van der Waals surface area contributed by atoms with E-state index in [9.17, 15) is 8.42 Å². The number of thioether (sulfide) groups is 1. The lowest BCUT2D eigenvalue weighted by Crippen LogP contribution is -2.11. The third-order valence-corrected chi connectivity index (χ3v) is 5.77. The van der Waals surface area contributed by atoms with Crippen molar-refractivity contribution in [2.24, 2.45) is 13.0 Å². The van der Waals surface area contributed by atoms with E-state index in [0.29, 0.717) is 17.9 Å². The first-order valence-electron chi connectivity index (χ1n) is 5.67. The molecular formula is C11H15N3O2S2. The first-order valence-corrected chi connectivity index (χ1v) is 8.47. The number of aromatic nitrogens is 3. The minimum Gasteiger partial charge on any atom is -0.309 e. The highest BCUT2D eigenvalue weighted by Crippen LogP contribution is 2.23. The third-order valence-electron chi connectivity index (χ3n) is 3.01. The highest BCUT2D eigenvalue weighted by Gasteiger charge is 2.29. The van der Waals surface area contributed by atoms with E-state index in [0.717, 1.165) is 17.4 Å². The van der Waals surface area contributed by atoms with E-state index in [4.69, 9.17) is 6.42 Å². The average Bonchev–Trinajstić information content (AvgIpc) is 2.82. The standard InChI is InChI=1S/C11H15N3O2S2/c1-3-5-17-11-13-12-10(14(11)2)7-9-4-6-18(15,16)8-9/h1,9H,4-8H2,2H3/t9-/m1/s1. The third kappa shape index (κ3) is 3.06. The average molecular weight is 285 g/mol. The first-order chi connectivity index (χ1) is 8.52. The second-order valence-electron chi connectivity index (χ2n) is 4.42. The maximum absolute atomic E-state index is 11.4. The van der Waals surface area contributed by atoms with E-state index in [1.807, 2.05) is 11.6 Å². The van der Waals surface area contributed by atoms with E-state index in [2.05, 4.69) is 16.1 Å². The molecule has 0 aliphatic carbocycles. The highest BCUT2D eigenvalue weighted by atomic mass is 32.2. The van der Waals surface area contributed by atoms with Crippen LogP contribution >= 0.6 is 11.8 Å². The predicted molar refractivity (Wildman–Crippen MR) is 71.0 cm³/mol. The summed E-state index contributed by atoms with van der Waals surface area (Å²) in [4.78, 5) is 0. The van der Waals surface area contributed by atoms with E-state index in [-0.39, 0.29) is 11.7 Å². The summed E-state index contributed by atoms with van der Waals surface area (Å²) in [5, 5.41) is 8.95. The number of sulfone groups is 1. The zero-order valence-corrected chi connectivity index (χ0v) is 11.8. The van der Waals surface area contributed by atoms with E-state index < -0.39 is 9.84 Å². The summed E-state index contributed by atoms with van der Waals surface area (Å²) in [6, 6.07) is 0. The van der Waals surface area contributed by atoms with Crippen LogP contribution in [0.3, 0.4) is 0 Å². The van der Waals surface area contributed by atoms with Crippen LogP contribution in [0.5, 0.6) is 0 Å². The maximum Gasteiger partial charge on any atom is 0.191 e. The largest absolute Gasteiger partial charge is 0.309 e. The van der Waals surface area contributed by atoms with Crippen LogP contribution in [0, 0.1) is 18.3 Å². The minimum atomic E-state index is -2.82. The van der Waals surface area contributed by atoms with Crippen LogP contribution in [0.25, 0.3) is 0 Å². The number of terminal acetylenes is 1. The van der Waals surface area contributed by atoms with Gasteiger partial charge in [0.15, 0.2) is 15.0 Å². The molecule has 7 heteroatoms. The molecule has 1 aromatic rings. The lowest BCUT2D eigenvalue weighted by atomic mass is 10.1. The molecule has 98 valence electrons. The van der Waals surface area contributed by atoms with Crippen molar-refractivity contribution in [3.05, 3.63) is 5.82 Å².